The minimum absolute atomic E-state index is 0.00890. The van der Waals surface area contributed by atoms with Gasteiger partial charge in [0.15, 0.2) is 0 Å². The largest absolute Gasteiger partial charge is 0.355 e. The maximum Gasteiger partial charge on any atom is 0.242 e. The second kappa shape index (κ2) is 9.89. The van der Waals surface area contributed by atoms with E-state index in [4.69, 9.17) is 0 Å². The predicted molar refractivity (Wildman–Crippen MR) is 120 cm³/mol. The zero-order valence-corrected chi connectivity index (χ0v) is 20.0. The topological polar surface area (TPSA) is 87.5 Å². The van der Waals surface area contributed by atoms with Gasteiger partial charge in [-0.3, -0.25) is 9.69 Å². The van der Waals surface area contributed by atoms with Crippen molar-refractivity contribution in [1.29, 1.82) is 0 Å². The molecule has 0 radical (unpaired) electrons. The third-order valence-corrected chi connectivity index (χ3v) is 7.13. The van der Waals surface area contributed by atoms with E-state index in [1.807, 2.05) is 11.6 Å². The minimum Gasteiger partial charge on any atom is -0.355 e. The number of imidazole rings is 1. The molecular weight excluding hydrogens is 402 g/mol. The monoisotopic (exact) mass is 437 g/mol. The predicted octanol–water partition coefficient (Wildman–Crippen LogP) is 1.99. The molecule has 8 nitrogen and oxygen atoms in total. The Hall–Kier alpha value is -1.97. The summed E-state index contributed by atoms with van der Waals surface area (Å²) in [4.78, 5) is 19.4. The van der Waals surface area contributed by atoms with Gasteiger partial charge in [0, 0.05) is 59.2 Å². The van der Waals surface area contributed by atoms with E-state index in [1.54, 1.807) is 18.2 Å². The number of sulfonamides is 1. The molecule has 0 fully saturated rings. The maximum atomic E-state index is 12.3. The first-order valence-electron chi connectivity index (χ1n) is 10.4. The van der Waals surface area contributed by atoms with Gasteiger partial charge in [0.1, 0.15) is 5.82 Å². The van der Waals surface area contributed by atoms with Gasteiger partial charge in [-0.25, -0.2) is 17.7 Å². The summed E-state index contributed by atoms with van der Waals surface area (Å²) in [5, 5.41) is 2.99. The van der Waals surface area contributed by atoms with Gasteiger partial charge in [-0.2, -0.15) is 0 Å². The molecule has 168 valence electrons. The number of carbonyl (C=O) groups is 1. The smallest absolute Gasteiger partial charge is 0.242 e. The second-order valence-electron chi connectivity index (χ2n) is 8.30. The first-order valence-corrected chi connectivity index (χ1v) is 11.8. The maximum absolute atomic E-state index is 12.3. The summed E-state index contributed by atoms with van der Waals surface area (Å²) in [6.07, 6.45) is 0.828. The summed E-state index contributed by atoms with van der Waals surface area (Å²) >= 11 is 0. The van der Waals surface area contributed by atoms with Gasteiger partial charge in [0.25, 0.3) is 0 Å². The molecule has 0 aliphatic carbocycles. The van der Waals surface area contributed by atoms with Crippen molar-refractivity contribution < 1.29 is 13.2 Å². The van der Waals surface area contributed by atoms with Crippen LogP contribution in [0.1, 0.15) is 39.9 Å². The minimum atomic E-state index is -3.51. The summed E-state index contributed by atoms with van der Waals surface area (Å²) in [5.74, 6) is 0.746. The van der Waals surface area contributed by atoms with Gasteiger partial charge in [-0.05, 0) is 45.9 Å². The van der Waals surface area contributed by atoms with Crippen LogP contribution in [-0.2, 0) is 28.3 Å². The molecule has 0 saturated carbocycles. The van der Waals surface area contributed by atoms with Crippen LogP contribution in [0, 0.1) is 0 Å². The molecule has 1 amide bonds. The molecule has 1 N–H and O–H groups in total. The van der Waals surface area contributed by atoms with Gasteiger partial charge >= 0.3 is 0 Å². The van der Waals surface area contributed by atoms with Gasteiger partial charge in [0.2, 0.25) is 15.9 Å². The van der Waals surface area contributed by atoms with E-state index in [1.165, 1.54) is 18.4 Å². The van der Waals surface area contributed by atoms with E-state index in [2.05, 4.69) is 42.9 Å². The molecule has 0 unspecified atom stereocenters. The van der Waals surface area contributed by atoms with E-state index in [0.717, 1.165) is 17.9 Å². The highest BCUT2D eigenvalue weighted by Gasteiger charge is 2.19. The summed E-state index contributed by atoms with van der Waals surface area (Å²) in [5.41, 5.74) is 1.45. The van der Waals surface area contributed by atoms with Crippen molar-refractivity contribution in [2.45, 2.75) is 57.5 Å². The molecule has 0 saturated heterocycles. The van der Waals surface area contributed by atoms with Crippen LogP contribution >= 0.6 is 0 Å². The lowest BCUT2D eigenvalue weighted by Gasteiger charge is -2.30. The third kappa shape index (κ3) is 5.59. The highest BCUT2D eigenvalue weighted by atomic mass is 32.2. The molecule has 0 bridgehead atoms. The number of nitrogens with zero attached hydrogens (tertiary/aromatic N) is 4. The highest BCUT2D eigenvalue weighted by molar-refractivity contribution is 7.89. The number of aryl methyl sites for hydroxylation is 2. The van der Waals surface area contributed by atoms with E-state index in [9.17, 15) is 13.2 Å². The molecule has 2 aromatic rings. The standard InChI is InChI=1S/C21H35N5O3S/c1-15(2)26(16(3)4)13-12-22-21(27)11-10-20-23-18-14-17(30(28,29)24(5)6)8-9-19(18)25(20)7/h8-9,14-16H,10-13H2,1-7H3,(H,22,27). The number of amides is 1. The summed E-state index contributed by atoms with van der Waals surface area (Å²) < 4.78 is 27.8. The second-order valence-corrected chi connectivity index (χ2v) is 10.5. The van der Waals surface area contributed by atoms with Crippen LogP contribution in [0.3, 0.4) is 0 Å². The first-order chi connectivity index (χ1) is 13.9. The lowest BCUT2D eigenvalue weighted by atomic mass is 10.2. The van der Waals surface area contributed by atoms with Gasteiger partial charge < -0.3 is 9.88 Å². The summed E-state index contributed by atoms with van der Waals surface area (Å²) in [6.45, 7) is 10.1. The van der Waals surface area contributed by atoms with Crippen molar-refractivity contribution >= 4 is 27.0 Å². The summed E-state index contributed by atoms with van der Waals surface area (Å²) in [6, 6.07) is 5.80. The molecular formula is C21H35N5O3S. The number of benzene rings is 1. The van der Waals surface area contributed by atoms with E-state index in [-0.39, 0.29) is 10.8 Å². The molecule has 0 aliphatic heterocycles. The fourth-order valence-corrected chi connectivity index (χ4v) is 4.50. The molecule has 0 aliphatic rings. The SMILES string of the molecule is CC(C)N(CCNC(=O)CCc1nc2cc(S(=O)(=O)N(C)C)ccc2n1C)C(C)C. The number of nitrogens with one attached hydrogen (secondary N) is 1. The van der Waals surface area contributed by atoms with Crippen molar-refractivity contribution in [3.05, 3.63) is 24.0 Å². The van der Waals surface area contributed by atoms with Crippen molar-refractivity contribution in [3.63, 3.8) is 0 Å². The van der Waals surface area contributed by atoms with Crippen LogP contribution in [-0.4, -0.2) is 72.3 Å². The van der Waals surface area contributed by atoms with Gasteiger partial charge in [-0.15, -0.1) is 0 Å². The van der Waals surface area contributed by atoms with Gasteiger partial charge in [-0.1, -0.05) is 0 Å². The normalized spacial score (nSPS) is 12.6. The van der Waals surface area contributed by atoms with Crippen molar-refractivity contribution in [3.8, 4) is 0 Å². The number of hydrogen-bond acceptors (Lipinski definition) is 5. The lowest BCUT2D eigenvalue weighted by molar-refractivity contribution is -0.121. The first kappa shape index (κ1) is 24.3. The Kier molecular flexibility index (Phi) is 8.01. The van der Waals surface area contributed by atoms with Crippen LogP contribution in [0.15, 0.2) is 23.1 Å². The van der Waals surface area contributed by atoms with Crippen LogP contribution in [0.25, 0.3) is 11.0 Å². The van der Waals surface area contributed by atoms with E-state index < -0.39 is 10.0 Å². The van der Waals surface area contributed by atoms with Crippen molar-refractivity contribution in [2.75, 3.05) is 27.2 Å². The molecule has 1 aromatic heterocycles. The molecule has 0 spiro atoms. The Morgan fingerprint density at radius 1 is 1.17 bits per heavy atom. The number of carbonyl (C=O) groups excluding carboxylic acids is 1. The Bertz CT molecular complexity index is 972. The fraction of sp³-hybridized carbons (Fsp3) is 0.619. The lowest BCUT2D eigenvalue weighted by Crippen LogP contribution is -2.42. The molecule has 9 heteroatoms. The van der Waals surface area contributed by atoms with E-state index >= 15 is 0 Å². The van der Waals surface area contributed by atoms with Crippen LogP contribution in [0.4, 0.5) is 0 Å². The average molecular weight is 438 g/mol. The Morgan fingerprint density at radius 2 is 1.80 bits per heavy atom. The average Bonchev–Trinajstić information content (AvgIpc) is 2.98. The number of aromatic nitrogens is 2. The van der Waals surface area contributed by atoms with Crippen molar-refractivity contribution in [1.82, 2.24) is 24.1 Å². The van der Waals surface area contributed by atoms with E-state index in [0.29, 0.717) is 37.0 Å². The number of rotatable bonds is 10. The zero-order valence-electron chi connectivity index (χ0n) is 19.1. The van der Waals surface area contributed by atoms with Crippen LogP contribution in [0.5, 0.6) is 0 Å². The van der Waals surface area contributed by atoms with Gasteiger partial charge in [0.05, 0.1) is 15.9 Å². The molecule has 1 heterocycles. The van der Waals surface area contributed by atoms with Crippen LogP contribution < -0.4 is 5.32 Å². The third-order valence-electron chi connectivity index (χ3n) is 5.32. The molecule has 1 aromatic carbocycles. The number of fused-ring (bicyclic) bond motifs is 1. The number of hydrogen-bond donors (Lipinski definition) is 1. The molecule has 0 atom stereocenters. The van der Waals surface area contributed by atoms with Crippen molar-refractivity contribution in [2.24, 2.45) is 7.05 Å². The Labute approximate surface area is 180 Å². The highest BCUT2D eigenvalue weighted by Crippen LogP contribution is 2.21. The summed E-state index contributed by atoms with van der Waals surface area (Å²) in [7, 11) is 1.38. The molecule has 2 rings (SSSR count). The quantitative estimate of drug-likeness (QED) is 0.614. The molecule has 30 heavy (non-hydrogen) atoms. The Balaban J connectivity index is 2.01. The zero-order chi connectivity index (χ0) is 22.6. The van der Waals surface area contributed by atoms with Crippen LogP contribution in [0.2, 0.25) is 0 Å². The fourth-order valence-electron chi connectivity index (χ4n) is 3.58. The Morgan fingerprint density at radius 3 is 2.37 bits per heavy atom.